The predicted molar refractivity (Wildman–Crippen MR) is 95.6 cm³/mol. The van der Waals surface area contributed by atoms with Gasteiger partial charge in [-0.05, 0) is 26.3 Å². The summed E-state index contributed by atoms with van der Waals surface area (Å²) in [6.45, 7) is 6.96. The molecule has 1 fully saturated rings. The summed E-state index contributed by atoms with van der Waals surface area (Å²) < 4.78 is 5.67. The number of carbonyl (C=O) groups is 2. The number of allylic oxidation sites excluding steroid dienone is 1. The van der Waals surface area contributed by atoms with Crippen molar-refractivity contribution in [1.29, 1.82) is 0 Å². The van der Waals surface area contributed by atoms with E-state index in [0.29, 0.717) is 32.8 Å². The lowest BCUT2D eigenvalue weighted by Crippen LogP contribution is -2.53. The first kappa shape index (κ1) is 19.7. The van der Waals surface area contributed by atoms with Crippen LogP contribution in [0.25, 0.3) is 0 Å². The van der Waals surface area contributed by atoms with E-state index in [1.807, 2.05) is 0 Å². The van der Waals surface area contributed by atoms with Gasteiger partial charge >= 0.3 is 12.0 Å². The minimum atomic E-state index is -0.864. The molecule has 0 spiro atoms. The molecule has 1 unspecified atom stereocenters. The van der Waals surface area contributed by atoms with Crippen LogP contribution in [0.5, 0.6) is 0 Å². The number of carboxylic acid groups (broad SMARTS) is 1. The van der Waals surface area contributed by atoms with Crippen LogP contribution in [0.15, 0.2) is 11.6 Å². The first-order valence-electron chi connectivity index (χ1n) is 9.02. The van der Waals surface area contributed by atoms with Gasteiger partial charge in [0.1, 0.15) is 0 Å². The van der Waals surface area contributed by atoms with E-state index in [-0.39, 0.29) is 24.1 Å². The fraction of sp³-hybridized carbons (Fsp3) is 0.778. The number of rotatable bonds is 7. The Labute approximate surface area is 150 Å². The molecule has 7 nitrogen and oxygen atoms in total. The van der Waals surface area contributed by atoms with Crippen molar-refractivity contribution in [3.05, 3.63) is 11.6 Å². The Balaban J connectivity index is 1.79. The minimum absolute atomic E-state index is 0.0143. The summed E-state index contributed by atoms with van der Waals surface area (Å²) in [4.78, 5) is 26.7. The predicted octanol–water partition coefficient (Wildman–Crippen LogP) is 1.55. The van der Waals surface area contributed by atoms with Crippen LogP contribution in [0.3, 0.4) is 0 Å². The third-order valence-electron chi connectivity index (χ3n) is 4.94. The normalized spacial score (nSPS) is 21.4. The van der Waals surface area contributed by atoms with Crippen LogP contribution < -0.4 is 5.32 Å². The molecule has 1 heterocycles. The number of urea groups is 1. The van der Waals surface area contributed by atoms with Gasteiger partial charge in [-0.15, -0.1) is 0 Å². The average Bonchev–Trinajstić information content (AvgIpc) is 3.07. The molecule has 25 heavy (non-hydrogen) atoms. The number of ether oxygens (including phenoxy) is 1. The second kappa shape index (κ2) is 8.67. The van der Waals surface area contributed by atoms with E-state index in [1.54, 1.807) is 16.8 Å². The monoisotopic (exact) mass is 353 g/mol. The largest absolute Gasteiger partial charge is 0.480 e. The van der Waals surface area contributed by atoms with Crippen LogP contribution in [0.4, 0.5) is 4.79 Å². The molecule has 1 aliphatic carbocycles. The number of hydrogen-bond acceptors (Lipinski definition) is 4. The van der Waals surface area contributed by atoms with Gasteiger partial charge in [0, 0.05) is 31.6 Å². The van der Waals surface area contributed by atoms with E-state index >= 15 is 0 Å². The maximum absolute atomic E-state index is 12.5. The highest BCUT2D eigenvalue weighted by atomic mass is 16.5. The molecule has 1 aliphatic heterocycles. The zero-order chi connectivity index (χ0) is 18.4. The lowest BCUT2D eigenvalue weighted by atomic mass is 9.83. The molecule has 7 heteroatoms. The number of nitrogens with one attached hydrogen (secondary N) is 1. The second-order valence-corrected chi connectivity index (χ2v) is 7.69. The summed E-state index contributed by atoms with van der Waals surface area (Å²) in [7, 11) is 1.74. The SMILES string of the molecule is CN(CC(=O)O)CC1CN(C(=O)NCC(C)(C)C2=CCCC2)CCO1. The number of carboxylic acids is 1. The molecular weight excluding hydrogens is 322 g/mol. The van der Waals surface area contributed by atoms with Gasteiger partial charge in [0.05, 0.1) is 19.3 Å². The Morgan fingerprint density at radius 2 is 2.24 bits per heavy atom. The number of nitrogens with zero attached hydrogens (tertiary/aromatic N) is 2. The number of amides is 2. The third kappa shape index (κ3) is 6.01. The highest BCUT2D eigenvalue weighted by Crippen LogP contribution is 2.34. The lowest BCUT2D eigenvalue weighted by molar-refractivity contribution is -0.138. The van der Waals surface area contributed by atoms with Crippen LogP contribution in [0.1, 0.15) is 33.1 Å². The topological polar surface area (TPSA) is 82.1 Å². The molecule has 0 radical (unpaired) electrons. The van der Waals surface area contributed by atoms with Gasteiger partial charge in [-0.1, -0.05) is 25.5 Å². The molecular formula is C18H31N3O4. The van der Waals surface area contributed by atoms with Gasteiger partial charge in [0.25, 0.3) is 0 Å². The van der Waals surface area contributed by atoms with Crippen molar-refractivity contribution < 1.29 is 19.4 Å². The molecule has 0 saturated carbocycles. The molecule has 1 atom stereocenters. The molecule has 0 bridgehead atoms. The van der Waals surface area contributed by atoms with Crippen LogP contribution in [-0.2, 0) is 9.53 Å². The fourth-order valence-corrected chi connectivity index (χ4v) is 3.46. The smallest absolute Gasteiger partial charge is 0.317 e. The molecule has 142 valence electrons. The van der Waals surface area contributed by atoms with E-state index < -0.39 is 5.97 Å². The van der Waals surface area contributed by atoms with Crippen molar-refractivity contribution in [3.8, 4) is 0 Å². The van der Waals surface area contributed by atoms with Gasteiger partial charge in [-0.25, -0.2) is 4.79 Å². The van der Waals surface area contributed by atoms with Gasteiger partial charge < -0.3 is 20.1 Å². The maximum atomic E-state index is 12.5. The van der Waals surface area contributed by atoms with Gasteiger partial charge in [-0.2, -0.15) is 0 Å². The molecule has 1 saturated heterocycles. The van der Waals surface area contributed by atoms with E-state index in [2.05, 4.69) is 25.2 Å². The number of aliphatic carboxylic acids is 1. The summed E-state index contributed by atoms with van der Waals surface area (Å²) >= 11 is 0. The summed E-state index contributed by atoms with van der Waals surface area (Å²) in [5.74, 6) is -0.864. The number of morpholine rings is 1. The van der Waals surface area contributed by atoms with E-state index in [0.717, 1.165) is 12.8 Å². The zero-order valence-corrected chi connectivity index (χ0v) is 15.6. The molecule has 0 aromatic heterocycles. The Morgan fingerprint density at radius 3 is 2.88 bits per heavy atom. The summed E-state index contributed by atoms with van der Waals surface area (Å²) in [6.07, 6.45) is 5.62. The Hall–Kier alpha value is -1.60. The summed E-state index contributed by atoms with van der Waals surface area (Å²) in [5.41, 5.74) is 1.42. The van der Waals surface area contributed by atoms with E-state index in [9.17, 15) is 9.59 Å². The van der Waals surface area contributed by atoms with Gasteiger partial charge in [0.15, 0.2) is 0 Å². The Bertz CT molecular complexity index is 518. The van der Waals surface area contributed by atoms with Crippen LogP contribution >= 0.6 is 0 Å². The molecule has 2 N–H and O–H groups in total. The van der Waals surface area contributed by atoms with Crippen LogP contribution in [0, 0.1) is 5.41 Å². The maximum Gasteiger partial charge on any atom is 0.317 e. The third-order valence-corrected chi connectivity index (χ3v) is 4.94. The lowest BCUT2D eigenvalue weighted by Gasteiger charge is -2.35. The van der Waals surface area contributed by atoms with Gasteiger partial charge in [0.2, 0.25) is 0 Å². The van der Waals surface area contributed by atoms with Crippen LogP contribution in [0.2, 0.25) is 0 Å². The van der Waals surface area contributed by atoms with Gasteiger partial charge in [-0.3, -0.25) is 9.69 Å². The Morgan fingerprint density at radius 1 is 1.48 bits per heavy atom. The number of hydrogen-bond donors (Lipinski definition) is 2. The van der Waals surface area contributed by atoms with Crippen molar-refractivity contribution in [2.24, 2.45) is 5.41 Å². The molecule has 0 aromatic rings. The second-order valence-electron chi connectivity index (χ2n) is 7.69. The van der Waals surface area contributed by atoms with Crippen molar-refractivity contribution in [2.75, 3.05) is 46.4 Å². The standard InChI is InChI=1S/C18H31N3O4/c1-18(2,14-6-4-5-7-14)13-19-17(24)21-8-9-25-15(11-21)10-20(3)12-16(22)23/h6,15H,4-5,7-13H2,1-3H3,(H,19,24)(H,22,23). The van der Waals surface area contributed by atoms with Crippen molar-refractivity contribution in [3.63, 3.8) is 0 Å². The highest BCUT2D eigenvalue weighted by molar-refractivity contribution is 5.74. The molecule has 0 aromatic carbocycles. The highest BCUT2D eigenvalue weighted by Gasteiger charge is 2.29. The minimum Gasteiger partial charge on any atom is -0.480 e. The van der Waals surface area contributed by atoms with E-state index in [1.165, 1.54) is 12.0 Å². The fourth-order valence-electron chi connectivity index (χ4n) is 3.46. The average molecular weight is 353 g/mol. The molecule has 2 rings (SSSR count). The quantitative estimate of drug-likeness (QED) is 0.679. The van der Waals surface area contributed by atoms with Crippen molar-refractivity contribution >= 4 is 12.0 Å². The first-order chi connectivity index (χ1) is 11.8. The summed E-state index contributed by atoms with van der Waals surface area (Å²) in [5, 5.41) is 11.9. The number of likely N-dealkylation sites (N-methyl/N-ethyl adjacent to an activating group) is 1. The molecule has 2 amide bonds. The first-order valence-corrected chi connectivity index (χ1v) is 9.02. The van der Waals surface area contributed by atoms with Crippen molar-refractivity contribution in [1.82, 2.24) is 15.1 Å². The zero-order valence-electron chi connectivity index (χ0n) is 15.6. The Kier molecular flexibility index (Phi) is 6.84. The van der Waals surface area contributed by atoms with Crippen molar-refractivity contribution in [2.45, 2.75) is 39.2 Å². The molecule has 2 aliphatic rings. The van der Waals surface area contributed by atoms with Crippen LogP contribution in [-0.4, -0.2) is 79.4 Å². The van der Waals surface area contributed by atoms with E-state index in [4.69, 9.17) is 9.84 Å². The number of carbonyl (C=O) groups excluding carboxylic acids is 1. The summed E-state index contributed by atoms with van der Waals surface area (Å²) in [6, 6.07) is -0.0686.